The van der Waals surface area contributed by atoms with Crippen LogP contribution in [-0.4, -0.2) is 37.7 Å². The Morgan fingerprint density at radius 2 is 2.15 bits per heavy atom. The van der Waals surface area contributed by atoms with Crippen molar-refractivity contribution in [1.82, 2.24) is 5.32 Å². The summed E-state index contributed by atoms with van der Waals surface area (Å²) >= 11 is 0. The molecule has 1 amide bonds. The van der Waals surface area contributed by atoms with Gasteiger partial charge in [0.05, 0.1) is 11.6 Å². The number of para-hydroxylation sites is 1. The van der Waals surface area contributed by atoms with Crippen molar-refractivity contribution in [2.75, 3.05) is 25.1 Å². The molecular formula is C16H24N2O2. The number of ether oxygens (including phenoxy) is 1. The summed E-state index contributed by atoms with van der Waals surface area (Å²) in [6.07, 6.45) is 1.39. The van der Waals surface area contributed by atoms with E-state index in [0.29, 0.717) is 6.42 Å². The minimum Gasteiger partial charge on any atom is -0.375 e. The summed E-state index contributed by atoms with van der Waals surface area (Å²) in [5.41, 5.74) is 0.591. The number of rotatable bonds is 4. The van der Waals surface area contributed by atoms with Crippen LogP contribution in [0.15, 0.2) is 30.3 Å². The van der Waals surface area contributed by atoms with Crippen LogP contribution in [0.4, 0.5) is 5.69 Å². The second-order valence-electron chi connectivity index (χ2n) is 5.45. The molecule has 0 spiro atoms. The highest BCUT2D eigenvalue weighted by Crippen LogP contribution is 2.30. The maximum atomic E-state index is 12.5. The van der Waals surface area contributed by atoms with E-state index in [9.17, 15) is 4.79 Å². The Labute approximate surface area is 121 Å². The van der Waals surface area contributed by atoms with Crippen molar-refractivity contribution in [1.29, 1.82) is 0 Å². The lowest BCUT2D eigenvalue weighted by Crippen LogP contribution is -2.62. The van der Waals surface area contributed by atoms with Gasteiger partial charge in [0.15, 0.2) is 0 Å². The van der Waals surface area contributed by atoms with Crippen LogP contribution in [0.5, 0.6) is 0 Å². The van der Waals surface area contributed by atoms with Crippen molar-refractivity contribution in [2.45, 2.75) is 38.3 Å². The summed E-state index contributed by atoms with van der Waals surface area (Å²) in [7, 11) is 1.72. The number of amides is 1. The smallest absolute Gasteiger partial charge is 0.227 e. The number of hydrogen-bond donors (Lipinski definition) is 1. The molecule has 0 aliphatic carbocycles. The van der Waals surface area contributed by atoms with Gasteiger partial charge in [-0.05, 0) is 32.0 Å². The predicted molar refractivity (Wildman–Crippen MR) is 80.9 cm³/mol. The van der Waals surface area contributed by atoms with Gasteiger partial charge in [-0.3, -0.25) is 4.79 Å². The third-order valence-electron chi connectivity index (χ3n) is 4.16. The number of carbonyl (C=O) groups is 1. The second kappa shape index (κ2) is 6.37. The van der Waals surface area contributed by atoms with Gasteiger partial charge >= 0.3 is 0 Å². The monoisotopic (exact) mass is 276 g/mol. The molecule has 1 heterocycles. The Balaban J connectivity index is 2.38. The highest BCUT2D eigenvalue weighted by molar-refractivity contribution is 5.94. The van der Waals surface area contributed by atoms with Crippen LogP contribution in [0.25, 0.3) is 0 Å². The van der Waals surface area contributed by atoms with E-state index in [1.54, 1.807) is 7.11 Å². The van der Waals surface area contributed by atoms with Crippen LogP contribution < -0.4 is 10.2 Å². The van der Waals surface area contributed by atoms with Gasteiger partial charge < -0.3 is 15.0 Å². The number of benzene rings is 1. The van der Waals surface area contributed by atoms with E-state index in [1.807, 2.05) is 42.2 Å². The van der Waals surface area contributed by atoms with E-state index in [0.717, 1.165) is 25.2 Å². The molecule has 0 unspecified atom stereocenters. The molecule has 0 radical (unpaired) electrons. The third kappa shape index (κ3) is 2.86. The predicted octanol–water partition coefficient (Wildman–Crippen LogP) is 2.20. The van der Waals surface area contributed by atoms with Gasteiger partial charge in [0.25, 0.3) is 0 Å². The molecule has 1 aliphatic heterocycles. The quantitative estimate of drug-likeness (QED) is 0.916. The maximum Gasteiger partial charge on any atom is 0.227 e. The van der Waals surface area contributed by atoms with E-state index in [4.69, 9.17) is 4.74 Å². The molecule has 4 heteroatoms. The lowest BCUT2D eigenvalue weighted by Gasteiger charge is -2.46. The van der Waals surface area contributed by atoms with Crippen LogP contribution in [0, 0.1) is 0 Å². The van der Waals surface area contributed by atoms with E-state index < -0.39 is 0 Å². The van der Waals surface area contributed by atoms with E-state index >= 15 is 0 Å². The summed E-state index contributed by atoms with van der Waals surface area (Å²) in [5.74, 6) is 0.145. The molecule has 1 N–H and O–H groups in total. The first-order chi connectivity index (χ1) is 9.62. The first-order valence-corrected chi connectivity index (χ1v) is 7.25. The van der Waals surface area contributed by atoms with Crippen LogP contribution in [-0.2, 0) is 9.53 Å². The zero-order valence-electron chi connectivity index (χ0n) is 12.6. The summed E-state index contributed by atoms with van der Waals surface area (Å²) in [6, 6.07) is 9.95. The molecule has 1 aliphatic rings. The average Bonchev–Trinajstić information content (AvgIpc) is 2.50. The fourth-order valence-electron chi connectivity index (χ4n) is 2.87. The van der Waals surface area contributed by atoms with Crippen molar-refractivity contribution >= 4 is 11.6 Å². The van der Waals surface area contributed by atoms with Gasteiger partial charge in [0.1, 0.15) is 0 Å². The van der Waals surface area contributed by atoms with Crippen LogP contribution >= 0.6 is 0 Å². The highest BCUT2D eigenvalue weighted by Gasteiger charge is 2.42. The Bertz CT molecular complexity index is 449. The molecule has 0 aromatic heterocycles. The van der Waals surface area contributed by atoms with Crippen molar-refractivity contribution in [3.8, 4) is 0 Å². The second-order valence-corrected chi connectivity index (χ2v) is 5.45. The topological polar surface area (TPSA) is 41.6 Å². The fraction of sp³-hybridized carbons (Fsp3) is 0.562. The van der Waals surface area contributed by atoms with Gasteiger partial charge in [-0.25, -0.2) is 0 Å². The first kappa shape index (κ1) is 15.0. The molecule has 1 saturated heterocycles. The van der Waals surface area contributed by atoms with Crippen molar-refractivity contribution < 1.29 is 9.53 Å². The number of carbonyl (C=O) groups excluding carboxylic acids is 1. The van der Waals surface area contributed by atoms with Crippen molar-refractivity contribution in [2.24, 2.45) is 0 Å². The number of nitrogens with one attached hydrogen (secondary N) is 1. The molecule has 0 bridgehead atoms. The van der Waals surface area contributed by atoms with Crippen molar-refractivity contribution in [3.63, 3.8) is 0 Å². The highest BCUT2D eigenvalue weighted by atomic mass is 16.5. The Kier molecular flexibility index (Phi) is 4.78. The third-order valence-corrected chi connectivity index (χ3v) is 4.16. The Hall–Kier alpha value is -1.39. The number of anilines is 1. The molecule has 4 nitrogen and oxygen atoms in total. The number of piperidine rings is 1. The minimum atomic E-state index is -0.362. The summed E-state index contributed by atoms with van der Waals surface area (Å²) in [6.45, 7) is 5.64. The lowest BCUT2D eigenvalue weighted by molar-refractivity contribution is -0.121. The minimum absolute atomic E-state index is 0.0589. The van der Waals surface area contributed by atoms with Crippen molar-refractivity contribution in [3.05, 3.63) is 30.3 Å². The maximum absolute atomic E-state index is 12.5. The lowest BCUT2D eigenvalue weighted by atomic mass is 9.88. The zero-order valence-corrected chi connectivity index (χ0v) is 12.6. The Morgan fingerprint density at radius 1 is 1.45 bits per heavy atom. The van der Waals surface area contributed by atoms with Crippen LogP contribution in [0.3, 0.4) is 0 Å². The van der Waals surface area contributed by atoms with Gasteiger partial charge in [-0.1, -0.05) is 25.1 Å². The summed E-state index contributed by atoms with van der Waals surface area (Å²) in [4.78, 5) is 14.4. The number of nitrogens with zero attached hydrogens (tertiary/aromatic N) is 1. The summed E-state index contributed by atoms with van der Waals surface area (Å²) in [5, 5.41) is 3.36. The van der Waals surface area contributed by atoms with Crippen LogP contribution in [0.2, 0.25) is 0 Å². The largest absolute Gasteiger partial charge is 0.375 e. The van der Waals surface area contributed by atoms with Gasteiger partial charge in [0.2, 0.25) is 5.91 Å². The zero-order chi connectivity index (χ0) is 14.6. The standard InChI is InChI=1S/C16H24N2O2/c1-4-15(19)18(13-8-6-5-7-9-13)14-10-11-17-12-16(14,2)20-3/h5-9,14,17H,4,10-12H2,1-3H3/t14-,16+/m0/s1. The normalized spacial score (nSPS) is 26.2. The summed E-state index contributed by atoms with van der Waals surface area (Å²) < 4.78 is 5.73. The van der Waals surface area contributed by atoms with Gasteiger partial charge in [0, 0.05) is 25.8 Å². The first-order valence-electron chi connectivity index (χ1n) is 7.25. The van der Waals surface area contributed by atoms with E-state index in [-0.39, 0.29) is 17.6 Å². The fourth-order valence-corrected chi connectivity index (χ4v) is 2.87. The molecule has 1 aromatic rings. The number of methoxy groups -OCH3 is 1. The molecule has 2 rings (SSSR count). The molecule has 1 fully saturated rings. The van der Waals surface area contributed by atoms with Crippen LogP contribution in [0.1, 0.15) is 26.7 Å². The average molecular weight is 276 g/mol. The molecule has 1 aromatic carbocycles. The molecule has 2 atom stereocenters. The molecule has 0 saturated carbocycles. The van der Waals surface area contributed by atoms with Gasteiger partial charge in [-0.2, -0.15) is 0 Å². The Morgan fingerprint density at radius 3 is 2.75 bits per heavy atom. The number of hydrogen-bond acceptors (Lipinski definition) is 3. The molecule has 110 valence electrons. The van der Waals surface area contributed by atoms with E-state index in [1.165, 1.54) is 0 Å². The van der Waals surface area contributed by atoms with Gasteiger partial charge in [-0.15, -0.1) is 0 Å². The molecular weight excluding hydrogens is 252 g/mol. The SMILES string of the molecule is CCC(=O)N(c1ccccc1)[C@H]1CCNC[C@@]1(C)OC. The van der Waals surface area contributed by atoms with E-state index in [2.05, 4.69) is 12.2 Å². The molecule has 20 heavy (non-hydrogen) atoms.